The summed E-state index contributed by atoms with van der Waals surface area (Å²) in [5.41, 5.74) is 0. The highest BCUT2D eigenvalue weighted by atomic mass is 16.5. The Hall–Kier alpha value is -1.29. The predicted octanol–water partition coefficient (Wildman–Crippen LogP) is 1.84. The van der Waals surface area contributed by atoms with Crippen molar-refractivity contribution < 1.29 is 4.74 Å². The molecule has 90 valence electrons. The van der Waals surface area contributed by atoms with E-state index < -0.39 is 0 Å². The highest BCUT2D eigenvalue weighted by molar-refractivity contribution is 5.40. The van der Waals surface area contributed by atoms with Crippen LogP contribution < -0.4 is 10.1 Å². The lowest BCUT2D eigenvalue weighted by molar-refractivity contribution is 0.281. The molecule has 0 aliphatic rings. The second-order valence-electron chi connectivity index (χ2n) is 3.91. The molecule has 1 aromatic rings. The molecule has 0 radical (unpaired) electrons. The average molecular weight is 223 g/mol. The normalized spacial score (nSPS) is 10.5. The van der Waals surface area contributed by atoms with Crippen LogP contribution in [0.3, 0.4) is 0 Å². The van der Waals surface area contributed by atoms with Gasteiger partial charge < -0.3 is 15.0 Å². The molecular weight excluding hydrogens is 202 g/mol. The Morgan fingerprint density at radius 1 is 1.44 bits per heavy atom. The second kappa shape index (κ2) is 7.06. The maximum atomic E-state index is 5.64. The van der Waals surface area contributed by atoms with Gasteiger partial charge in [-0.15, -0.1) is 0 Å². The number of nitrogens with one attached hydrogen (secondary N) is 1. The third-order valence-corrected chi connectivity index (χ3v) is 2.11. The van der Waals surface area contributed by atoms with E-state index in [1.54, 1.807) is 6.20 Å². The van der Waals surface area contributed by atoms with E-state index in [1.807, 2.05) is 19.1 Å². The Balaban J connectivity index is 2.33. The molecule has 4 heteroatoms. The minimum absolute atomic E-state index is 0.744. The SMILES string of the molecule is CCNc1cc(OCCCN(C)C)ccn1. The zero-order chi connectivity index (χ0) is 11.8. The number of rotatable bonds is 7. The van der Waals surface area contributed by atoms with Crippen molar-refractivity contribution >= 4 is 5.82 Å². The van der Waals surface area contributed by atoms with Crippen molar-refractivity contribution in [1.82, 2.24) is 9.88 Å². The third-order valence-electron chi connectivity index (χ3n) is 2.11. The largest absolute Gasteiger partial charge is 0.493 e. The number of ether oxygens (including phenoxy) is 1. The van der Waals surface area contributed by atoms with E-state index in [2.05, 4.69) is 29.3 Å². The summed E-state index contributed by atoms with van der Waals surface area (Å²) >= 11 is 0. The van der Waals surface area contributed by atoms with E-state index in [-0.39, 0.29) is 0 Å². The summed E-state index contributed by atoms with van der Waals surface area (Å²) in [5.74, 6) is 1.75. The molecule has 0 saturated heterocycles. The van der Waals surface area contributed by atoms with Crippen molar-refractivity contribution in [3.05, 3.63) is 18.3 Å². The van der Waals surface area contributed by atoms with Crippen LogP contribution in [-0.2, 0) is 0 Å². The number of aromatic nitrogens is 1. The number of hydrogen-bond acceptors (Lipinski definition) is 4. The van der Waals surface area contributed by atoms with Gasteiger partial charge in [-0.2, -0.15) is 0 Å². The zero-order valence-corrected chi connectivity index (χ0v) is 10.4. The molecule has 1 rings (SSSR count). The lowest BCUT2D eigenvalue weighted by atomic mass is 10.4. The molecule has 0 atom stereocenters. The Bertz CT molecular complexity index is 302. The Morgan fingerprint density at radius 3 is 2.94 bits per heavy atom. The van der Waals surface area contributed by atoms with Crippen molar-refractivity contribution in [2.24, 2.45) is 0 Å². The van der Waals surface area contributed by atoms with Gasteiger partial charge in [0.2, 0.25) is 0 Å². The van der Waals surface area contributed by atoms with Crippen LogP contribution in [0.15, 0.2) is 18.3 Å². The van der Waals surface area contributed by atoms with Crippen LogP contribution in [0.25, 0.3) is 0 Å². The first-order valence-corrected chi connectivity index (χ1v) is 5.70. The molecule has 0 aliphatic carbocycles. The first-order valence-electron chi connectivity index (χ1n) is 5.70. The molecule has 1 aromatic heterocycles. The molecule has 0 aromatic carbocycles. The molecular formula is C12H21N3O. The molecule has 0 bridgehead atoms. The van der Waals surface area contributed by atoms with Gasteiger partial charge in [-0.3, -0.25) is 0 Å². The van der Waals surface area contributed by atoms with E-state index in [9.17, 15) is 0 Å². The maximum absolute atomic E-state index is 5.64. The number of pyridine rings is 1. The smallest absolute Gasteiger partial charge is 0.129 e. The van der Waals surface area contributed by atoms with Crippen LogP contribution in [0, 0.1) is 0 Å². The molecule has 1 heterocycles. The van der Waals surface area contributed by atoms with Crippen molar-refractivity contribution in [3.63, 3.8) is 0 Å². The lowest BCUT2D eigenvalue weighted by Gasteiger charge is -2.11. The molecule has 0 saturated carbocycles. The standard InChI is InChI=1S/C12H21N3O/c1-4-13-12-10-11(6-7-14-12)16-9-5-8-15(2)3/h6-7,10H,4-5,8-9H2,1-3H3,(H,13,14). The summed E-state index contributed by atoms with van der Waals surface area (Å²) < 4.78 is 5.64. The van der Waals surface area contributed by atoms with Crippen LogP contribution in [-0.4, -0.2) is 43.7 Å². The van der Waals surface area contributed by atoms with Gasteiger partial charge in [-0.25, -0.2) is 4.98 Å². The average Bonchev–Trinajstić information content (AvgIpc) is 2.25. The highest BCUT2D eigenvalue weighted by Crippen LogP contribution is 2.14. The van der Waals surface area contributed by atoms with E-state index in [0.29, 0.717) is 0 Å². The molecule has 0 unspecified atom stereocenters. The molecule has 16 heavy (non-hydrogen) atoms. The summed E-state index contributed by atoms with van der Waals surface area (Å²) in [5, 5.41) is 3.16. The summed E-state index contributed by atoms with van der Waals surface area (Å²) in [4.78, 5) is 6.34. The van der Waals surface area contributed by atoms with Gasteiger partial charge in [-0.05, 0) is 33.5 Å². The van der Waals surface area contributed by atoms with E-state index in [4.69, 9.17) is 4.74 Å². The van der Waals surface area contributed by atoms with Gasteiger partial charge in [-0.1, -0.05) is 0 Å². The van der Waals surface area contributed by atoms with Crippen molar-refractivity contribution in [3.8, 4) is 5.75 Å². The maximum Gasteiger partial charge on any atom is 0.129 e. The highest BCUT2D eigenvalue weighted by Gasteiger charge is 1.97. The van der Waals surface area contributed by atoms with Gasteiger partial charge in [0.15, 0.2) is 0 Å². The fourth-order valence-electron chi connectivity index (χ4n) is 1.35. The van der Waals surface area contributed by atoms with Gasteiger partial charge in [0.05, 0.1) is 6.61 Å². The molecule has 0 amide bonds. The topological polar surface area (TPSA) is 37.4 Å². The number of anilines is 1. The Labute approximate surface area is 97.6 Å². The van der Waals surface area contributed by atoms with Crippen LogP contribution in [0.5, 0.6) is 5.75 Å². The monoisotopic (exact) mass is 223 g/mol. The zero-order valence-electron chi connectivity index (χ0n) is 10.4. The second-order valence-corrected chi connectivity index (χ2v) is 3.91. The summed E-state index contributed by atoms with van der Waals surface area (Å²) in [6.45, 7) is 4.71. The minimum Gasteiger partial charge on any atom is -0.493 e. The lowest BCUT2D eigenvalue weighted by Crippen LogP contribution is -2.15. The summed E-state index contributed by atoms with van der Waals surface area (Å²) in [7, 11) is 4.13. The molecule has 0 aliphatic heterocycles. The molecule has 1 N–H and O–H groups in total. The fourth-order valence-corrected chi connectivity index (χ4v) is 1.35. The van der Waals surface area contributed by atoms with E-state index in [0.717, 1.165) is 37.7 Å². The van der Waals surface area contributed by atoms with Crippen LogP contribution in [0.1, 0.15) is 13.3 Å². The molecule has 0 spiro atoms. The first-order chi connectivity index (χ1) is 7.72. The van der Waals surface area contributed by atoms with Crippen LogP contribution >= 0.6 is 0 Å². The first kappa shape index (κ1) is 12.8. The fraction of sp³-hybridized carbons (Fsp3) is 0.583. The van der Waals surface area contributed by atoms with E-state index in [1.165, 1.54) is 0 Å². The summed E-state index contributed by atoms with van der Waals surface area (Å²) in [6.07, 6.45) is 2.80. The van der Waals surface area contributed by atoms with Crippen LogP contribution in [0.2, 0.25) is 0 Å². The predicted molar refractivity (Wildman–Crippen MR) is 67.1 cm³/mol. The Morgan fingerprint density at radius 2 is 2.25 bits per heavy atom. The van der Waals surface area contributed by atoms with Crippen molar-refractivity contribution in [1.29, 1.82) is 0 Å². The van der Waals surface area contributed by atoms with Crippen molar-refractivity contribution in [2.75, 3.05) is 39.1 Å². The number of hydrogen-bond donors (Lipinski definition) is 1. The van der Waals surface area contributed by atoms with E-state index >= 15 is 0 Å². The van der Waals surface area contributed by atoms with Gasteiger partial charge in [0, 0.05) is 25.4 Å². The number of nitrogens with zero attached hydrogens (tertiary/aromatic N) is 2. The van der Waals surface area contributed by atoms with Gasteiger partial charge >= 0.3 is 0 Å². The molecule has 4 nitrogen and oxygen atoms in total. The van der Waals surface area contributed by atoms with Gasteiger partial charge in [0.25, 0.3) is 0 Å². The van der Waals surface area contributed by atoms with Crippen LogP contribution in [0.4, 0.5) is 5.82 Å². The van der Waals surface area contributed by atoms with Crippen molar-refractivity contribution in [2.45, 2.75) is 13.3 Å². The minimum atomic E-state index is 0.744. The van der Waals surface area contributed by atoms with Gasteiger partial charge in [0.1, 0.15) is 11.6 Å². The quantitative estimate of drug-likeness (QED) is 0.716. The Kier molecular flexibility index (Phi) is 5.64. The third kappa shape index (κ3) is 4.98. The summed E-state index contributed by atoms with van der Waals surface area (Å²) in [6, 6.07) is 3.82. The molecule has 0 fully saturated rings.